The van der Waals surface area contributed by atoms with Gasteiger partial charge in [0.1, 0.15) is 22.3 Å². The summed E-state index contributed by atoms with van der Waals surface area (Å²) in [6.07, 6.45) is 0. The standard InChI is InChI=1S/C25H18Cl2FN3O4/c1-13-3-4-14(23(32)29-15-5-8-17(35-2)9-6-15)11-20(13)30-22-21(27)24(33)31(25(22)34)16-7-10-19(28)18(26)12-16/h3-12,30H,1-2H3,(H,29,32). The van der Waals surface area contributed by atoms with E-state index in [2.05, 4.69) is 10.6 Å². The molecule has 0 atom stereocenters. The number of carbonyl (C=O) groups excluding carboxylic acids is 3. The van der Waals surface area contributed by atoms with Crippen molar-refractivity contribution in [1.82, 2.24) is 0 Å². The van der Waals surface area contributed by atoms with Crippen LogP contribution in [0.4, 0.5) is 21.5 Å². The third kappa shape index (κ3) is 4.84. The van der Waals surface area contributed by atoms with E-state index in [0.717, 1.165) is 17.0 Å². The summed E-state index contributed by atoms with van der Waals surface area (Å²) in [6.45, 7) is 1.76. The number of halogens is 3. The van der Waals surface area contributed by atoms with Gasteiger partial charge in [0.15, 0.2) is 0 Å². The fourth-order valence-corrected chi connectivity index (χ4v) is 3.77. The minimum absolute atomic E-state index is 0.0747. The average molecular weight is 514 g/mol. The number of hydrogen-bond donors (Lipinski definition) is 2. The van der Waals surface area contributed by atoms with Crippen molar-refractivity contribution in [2.45, 2.75) is 6.92 Å². The molecule has 1 heterocycles. The Morgan fingerprint density at radius 3 is 2.34 bits per heavy atom. The van der Waals surface area contributed by atoms with E-state index in [9.17, 15) is 18.8 Å². The molecule has 0 unspecified atom stereocenters. The largest absolute Gasteiger partial charge is 0.497 e. The Morgan fingerprint density at radius 1 is 0.971 bits per heavy atom. The number of rotatable bonds is 6. The van der Waals surface area contributed by atoms with Gasteiger partial charge in [-0.25, -0.2) is 9.29 Å². The molecule has 3 amide bonds. The lowest BCUT2D eigenvalue weighted by Gasteiger charge is -2.16. The fraction of sp³-hybridized carbons (Fsp3) is 0.0800. The molecule has 178 valence electrons. The van der Waals surface area contributed by atoms with Crippen LogP contribution in [-0.2, 0) is 9.59 Å². The second-order valence-corrected chi connectivity index (χ2v) is 8.36. The number of methoxy groups -OCH3 is 1. The zero-order chi connectivity index (χ0) is 25.3. The van der Waals surface area contributed by atoms with E-state index in [1.54, 1.807) is 56.5 Å². The summed E-state index contributed by atoms with van der Waals surface area (Å²) in [5.74, 6) is -1.94. The Balaban J connectivity index is 1.57. The molecule has 0 fully saturated rings. The summed E-state index contributed by atoms with van der Waals surface area (Å²) in [5, 5.41) is 5.06. The molecule has 0 aromatic heterocycles. The van der Waals surface area contributed by atoms with E-state index in [0.29, 0.717) is 28.3 Å². The molecule has 4 rings (SSSR count). The van der Waals surface area contributed by atoms with Crippen LogP contribution in [0.15, 0.2) is 71.4 Å². The lowest BCUT2D eigenvalue weighted by Crippen LogP contribution is -2.32. The molecule has 1 aliphatic rings. The molecule has 0 bridgehead atoms. The first-order chi connectivity index (χ1) is 16.7. The van der Waals surface area contributed by atoms with Crippen molar-refractivity contribution in [2.75, 3.05) is 22.6 Å². The molecule has 7 nitrogen and oxygen atoms in total. The van der Waals surface area contributed by atoms with E-state index in [-0.39, 0.29) is 27.3 Å². The number of hydrogen-bond acceptors (Lipinski definition) is 5. The summed E-state index contributed by atoms with van der Waals surface area (Å²) in [7, 11) is 1.55. The Bertz CT molecular complexity index is 1390. The molecular formula is C25H18Cl2FN3O4. The molecule has 0 saturated carbocycles. The molecule has 2 N–H and O–H groups in total. The topological polar surface area (TPSA) is 87.7 Å². The second-order valence-electron chi connectivity index (χ2n) is 7.57. The van der Waals surface area contributed by atoms with Crippen LogP contribution < -0.4 is 20.3 Å². The number of carbonyl (C=O) groups is 3. The predicted molar refractivity (Wildman–Crippen MR) is 133 cm³/mol. The Morgan fingerprint density at radius 2 is 1.69 bits per heavy atom. The third-order valence-electron chi connectivity index (χ3n) is 5.30. The molecule has 3 aromatic carbocycles. The summed E-state index contributed by atoms with van der Waals surface area (Å²) in [4.78, 5) is 39.3. The number of nitrogens with zero attached hydrogens (tertiary/aromatic N) is 1. The van der Waals surface area contributed by atoms with Crippen LogP contribution >= 0.6 is 23.2 Å². The van der Waals surface area contributed by atoms with Gasteiger partial charge in [-0.05, 0) is 67.1 Å². The van der Waals surface area contributed by atoms with E-state index < -0.39 is 17.6 Å². The average Bonchev–Trinajstić information content (AvgIpc) is 3.05. The van der Waals surface area contributed by atoms with Crippen LogP contribution in [0.5, 0.6) is 5.75 Å². The van der Waals surface area contributed by atoms with Crippen LogP contribution in [0, 0.1) is 12.7 Å². The van der Waals surface area contributed by atoms with Gasteiger partial charge in [-0.15, -0.1) is 0 Å². The molecule has 1 aliphatic heterocycles. The molecule has 0 spiro atoms. The van der Waals surface area contributed by atoms with Gasteiger partial charge in [-0.1, -0.05) is 29.3 Å². The highest BCUT2D eigenvalue weighted by Gasteiger charge is 2.39. The maximum absolute atomic E-state index is 13.5. The highest BCUT2D eigenvalue weighted by Crippen LogP contribution is 2.33. The number of benzene rings is 3. The first-order valence-electron chi connectivity index (χ1n) is 10.3. The molecule has 3 aromatic rings. The van der Waals surface area contributed by atoms with Gasteiger partial charge in [-0.3, -0.25) is 14.4 Å². The van der Waals surface area contributed by atoms with Crippen LogP contribution in [0.3, 0.4) is 0 Å². The highest BCUT2D eigenvalue weighted by molar-refractivity contribution is 6.53. The summed E-state index contributed by atoms with van der Waals surface area (Å²) < 4.78 is 18.6. The highest BCUT2D eigenvalue weighted by atomic mass is 35.5. The Labute approximate surface area is 210 Å². The molecule has 0 saturated heterocycles. The van der Waals surface area contributed by atoms with Crippen molar-refractivity contribution < 1.29 is 23.5 Å². The third-order valence-corrected chi connectivity index (χ3v) is 5.94. The SMILES string of the molecule is COc1ccc(NC(=O)c2ccc(C)c(NC3=C(Cl)C(=O)N(c4ccc(F)c(Cl)c4)C3=O)c2)cc1. The number of anilines is 3. The molecule has 35 heavy (non-hydrogen) atoms. The summed E-state index contributed by atoms with van der Waals surface area (Å²) in [5.41, 5.74) is 1.89. The quantitative estimate of drug-likeness (QED) is 0.426. The molecule has 0 aliphatic carbocycles. The predicted octanol–water partition coefficient (Wildman–Crippen LogP) is 5.48. The van der Waals surface area contributed by atoms with Crippen LogP contribution in [0.1, 0.15) is 15.9 Å². The summed E-state index contributed by atoms with van der Waals surface area (Å²) >= 11 is 12.0. The van der Waals surface area contributed by atoms with Gasteiger partial charge in [0.05, 0.1) is 17.8 Å². The van der Waals surface area contributed by atoms with Crippen LogP contribution in [-0.4, -0.2) is 24.8 Å². The Kier molecular flexibility index (Phi) is 6.77. The van der Waals surface area contributed by atoms with Crippen molar-refractivity contribution in [3.05, 3.63) is 93.4 Å². The molecular weight excluding hydrogens is 496 g/mol. The van der Waals surface area contributed by atoms with Gasteiger partial charge in [0.2, 0.25) is 0 Å². The number of aryl methyl sites for hydroxylation is 1. The van der Waals surface area contributed by atoms with E-state index in [4.69, 9.17) is 27.9 Å². The first-order valence-corrected chi connectivity index (χ1v) is 11.0. The Hall–Kier alpha value is -3.88. The monoisotopic (exact) mass is 513 g/mol. The molecule has 0 radical (unpaired) electrons. The van der Waals surface area contributed by atoms with Crippen molar-refractivity contribution in [1.29, 1.82) is 0 Å². The minimum Gasteiger partial charge on any atom is -0.497 e. The summed E-state index contributed by atoms with van der Waals surface area (Å²) in [6, 6.07) is 15.2. The second kappa shape index (κ2) is 9.77. The van der Waals surface area contributed by atoms with Gasteiger partial charge in [0.25, 0.3) is 17.7 Å². The van der Waals surface area contributed by atoms with Crippen LogP contribution in [0.25, 0.3) is 0 Å². The fourth-order valence-electron chi connectivity index (χ4n) is 3.38. The van der Waals surface area contributed by atoms with Gasteiger partial charge >= 0.3 is 0 Å². The first kappa shape index (κ1) is 24.3. The van der Waals surface area contributed by atoms with Crippen LogP contribution in [0.2, 0.25) is 5.02 Å². The van der Waals surface area contributed by atoms with E-state index in [1.165, 1.54) is 6.07 Å². The number of imide groups is 1. The van der Waals surface area contributed by atoms with Crippen molar-refractivity contribution in [2.24, 2.45) is 0 Å². The van der Waals surface area contributed by atoms with Crippen molar-refractivity contribution >= 4 is 58.0 Å². The van der Waals surface area contributed by atoms with Crippen molar-refractivity contribution in [3.63, 3.8) is 0 Å². The molecule has 10 heteroatoms. The zero-order valence-corrected chi connectivity index (χ0v) is 20.0. The normalized spacial score (nSPS) is 13.3. The number of nitrogens with one attached hydrogen (secondary N) is 2. The van der Waals surface area contributed by atoms with Gasteiger partial charge < -0.3 is 15.4 Å². The number of ether oxygens (including phenoxy) is 1. The smallest absolute Gasteiger partial charge is 0.283 e. The lowest BCUT2D eigenvalue weighted by molar-refractivity contribution is -0.120. The van der Waals surface area contributed by atoms with E-state index in [1.807, 2.05) is 0 Å². The van der Waals surface area contributed by atoms with Crippen molar-refractivity contribution in [3.8, 4) is 5.75 Å². The maximum Gasteiger partial charge on any atom is 0.283 e. The number of amides is 3. The van der Waals surface area contributed by atoms with Gasteiger partial charge in [-0.2, -0.15) is 0 Å². The zero-order valence-electron chi connectivity index (χ0n) is 18.5. The van der Waals surface area contributed by atoms with Gasteiger partial charge in [0, 0.05) is 16.9 Å². The maximum atomic E-state index is 13.5. The minimum atomic E-state index is -0.784. The van der Waals surface area contributed by atoms with E-state index >= 15 is 0 Å². The lowest BCUT2D eigenvalue weighted by atomic mass is 10.1.